The minimum absolute atomic E-state index is 0.00549. The molecule has 0 unspecified atom stereocenters. The third-order valence-corrected chi connectivity index (χ3v) is 4.96. The van der Waals surface area contributed by atoms with Crippen LogP contribution in [0.25, 0.3) is 11.4 Å². The predicted molar refractivity (Wildman–Crippen MR) is 109 cm³/mol. The van der Waals surface area contributed by atoms with Gasteiger partial charge >= 0.3 is 0 Å². The van der Waals surface area contributed by atoms with Crippen molar-refractivity contribution in [1.82, 2.24) is 20.2 Å². The van der Waals surface area contributed by atoms with Gasteiger partial charge in [0.2, 0.25) is 11.7 Å². The Kier molecular flexibility index (Phi) is 5.53. The number of carbonyl (C=O) groups is 1. The molecule has 0 aliphatic carbocycles. The van der Waals surface area contributed by atoms with Crippen molar-refractivity contribution in [2.45, 2.75) is 25.8 Å². The monoisotopic (exact) mass is 396 g/mol. The van der Waals surface area contributed by atoms with Crippen molar-refractivity contribution < 1.29 is 4.79 Å². The number of aromatic nitrogens is 4. The first kappa shape index (κ1) is 18.4. The predicted octanol–water partition coefficient (Wildman–Crippen LogP) is 3.62. The second-order valence-electron chi connectivity index (χ2n) is 6.79. The first-order valence-electron chi connectivity index (χ1n) is 9.36. The van der Waals surface area contributed by atoms with Crippen LogP contribution in [0.1, 0.15) is 19.3 Å². The van der Waals surface area contributed by atoms with E-state index in [-0.39, 0.29) is 12.5 Å². The first-order chi connectivity index (χ1) is 13.7. The largest absolute Gasteiger partial charge is 0.372 e. The van der Waals surface area contributed by atoms with E-state index in [1.165, 1.54) is 29.7 Å². The van der Waals surface area contributed by atoms with E-state index in [9.17, 15) is 4.79 Å². The van der Waals surface area contributed by atoms with E-state index in [0.717, 1.165) is 24.3 Å². The lowest BCUT2D eigenvalue weighted by Crippen LogP contribution is -2.29. The molecule has 8 heteroatoms. The lowest BCUT2D eigenvalue weighted by Gasteiger charge is -2.28. The fourth-order valence-corrected chi connectivity index (χ4v) is 3.39. The lowest BCUT2D eigenvalue weighted by molar-refractivity contribution is -0.117. The van der Waals surface area contributed by atoms with Crippen LogP contribution in [0.5, 0.6) is 0 Å². The number of carbonyl (C=O) groups excluding carboxylic acids is 1. The van der Waals surface area contributed by atoms with Crippen LogP contribution in [-0.2, 0) is 11.3 Å². The number of amides is 1. The van der Waals surface area contributed by atoms with E-state index in [1.54, 1.807) is 12.1 Å². The van der Waals surface area contributed by atoms with E-state index >= 15 is 0 Å². The quantitative estimate of drug-likeness (QED) is 0.712. The molecule has 0 spiro atoms. The Morgan fingerprint density at radius 2 is 1.71 bits per heavy atom. The van der Waals surface area contributed by atoms with Gasteiger partial charge in [0.25, 0.3) is 0 Å². The second kappa shape index (κ2) is 8.39. The summed E-state index contributed by atoms with van der Waals surface area (Å²) in [4.78, 5) is 16.0. The van der Waals surface area contributed by atoms with Gasteiger partial charge in [-0.25, -0.2) is 0 Å². The van der Waals surface area contributed by atoms with Crippen LogP contribution in [0.2, 0.25) is 5.02 Å². The van der Waals surface area contributed by atoms with Gasteiger partial charge in [-0.15, -0.1) is 10.2 Å². The zero-order valence-electron chi connectivity index (χ0n) is 15.4. The molecule has 1 aromatic heterocycles. The molecule has 1 saturated heterocycles. The van der Waals surface area contributed by atoms with E-state index in [1.807, 2.05) is 36.4 Å². The SMILES string of the molecule is O=C(Cn1nnc(-c2ccc(Cl)cc2)n1)Nc1ccc(N2CCCCC2)cc1. The standard InChI is InChI=1S/C20H21ClN6O/c21-16-6-4-15(5-7-16)20-23-25-27(24-20)14-19(28)22-17-8-10-18(11-9-17)26-12-2-1-3-13-26/h4-11H,1-3,12-14H2,(H,22,28). The number of rotatable bonds is 5. The molecule has 2 heterocycles. The maximum Gasteiger partial charge on any atom is 0.248 e. The molecule has 0 radical (unpaired) electrons. The smallest absolute Gasteiger partial charge is 0.248 e. The Balaban J connectivity index is 1.35. The molecule has 144 valence electrons. The van der Waals surface area contributed by atoms with Crippen LogP contribution in [0.3, 0.4) is 0 Å². The molecule has 28 heavy (non-hydrogen) atoms. The van der Waals surface area contributed by atoms with Gasteiger partial charge in [0.05, 0.1) is 0 Å². The molecule has 4 rings (SSSR count). The average Bonchev–Trinajstić information content (AvgIpc) is 3.18. The van der Waals surface area contributed by atoms with Crippen molar-refractivity contribution in [1.29, 1.82) is 0 Å². The number of nitrogens with one attached hydrogen (secondary N) is 1. The van der Waals surface area contributed by atoms with Crippen LogP contribution >= 0.6 is 11.6 Å². The van der Waals surface area contributed by atoms with E-state index < -0.39 is 0 Å². The molecular weight excluding hydrogens is 376 g/mol. The summed E-state index contributed by atoms with van der Waals surface area (Å²) in [5, 5.41) is 15.7. The molecule has 0 atom stereocenters. The van der Waals surface area contributed by atoms with Crippen molar-refractivity contribution in [3.8, 4) is 11.4 Å². The molecule has 0 saturated carbocycles. The van der Waals surface area contributed by atoms with Crippen LogP contribution < -0.4 is 10.2 Å². The highest BCUT2D eigenvalue weighted by molar-refractivity contribution is 6.30. The maximum atomic E-state index is 12.3. The van der Waals surface area contributed by atoms with Gasteiger partial charge in [0.1, 0.15) is 6.54 Å². The van der Waals surface area contributed by atoms with Crippen LogP contribution in [0.4, 0.5) is 11.4 Å². The van der Waals surface area contributed by atoms with Crippen molar-refractivity contribution in [3.05, 3.63) is 53.6 Å². The fraction of sp³-hybridized carbons (Fsp3) is 0.300. The van der Waals surface area contributed by atoms with Crippen molar-refractivity contribution in [3.63, 3.8) is 0 Å². The lowest BCUT2D eigenvalue weighted by atomic mass is 10.1. The van der Waals surface area contributed by atoms with Crippen LogP contribution in [0, 0.1) is 0 Å². The van der Waals surface area contributed by atoms with E-state index in [2.05, 4.69) is 25.6 Å². The van der Waals surface area contributed by atoms with Gasteiger partial charge < -0.3 is 10.2 Å². The number of anilines is 2. The third-order valence-electron chi connectivity index (χ3n) is 4.71. The minimum atomic E-state index is -0.203. The summed E-state index contributed by atoms with van der Waals surface area (Å²) in [6.07, 6.45) is 3.78. The maximum absolute atomic E-state index is 12.3. The summed E-state index contributed by atoms with van der Waals surface area (Å²) in [5.41, 5.74) is 2.75. The molecular formula is C20H21ClN6O. The molecule has 3 aromatic rings. The van der Waals surface area contributed by atoms with Gasteiger partial charge in [-0.2, -0.15) is 4.80 Å². The molecule has 7 nitrogen and oxygen atoms in total. The molecule has 1 N–H and O–H groups in total. The number of hydrogen-bond acceptors (Lipinski definition) is 5. The van der Waals surface area contributed by atoms with Crippen molar-refractivity contribution >= 4 is 28.9 Å². The summed E-state index contributed by atoms with van der Waals surface area (Å²) in [5.74, 6) is 0.251. The molecule has 1 fully saturated rings. The summed E-state index contributed by atoms with van der Waals surface area (Å²) < 4.78 is 0. The van der Waals surface area contributed by atoms with Gasteiger partial charge in [0, 0.05) is 35.1 Å². The van der Waals surface area contributed by atoms with E-state index in [4.69, 9.17) is 11.6 Å². The number of benzene rings is 2. The van der Waals surface area contributed by atoms with Gasteiger partial charge in [-0.3, -0.25) is 4.79 Å². The topological polar surface area (TPSA) is 75.9 Å². The van der Waals surface area contributed by atoms with E-state index in [0.29, 0.717) is 10.8 Å². The molecule has 2 aromatic carbocycles. The number of halogens is 1. The normalized spacial score (nSPS) is 14.1. The van der Waals surface area contributed by atoms with Gasteiger partial charge in [-0.05, 0) is 73.0 Å². The van der Waals surface area contributed by atoms with Crippen molar-refractivity contribution in [2.75, 3.05) is 23.3 Å². The Labute approximate surface area is 168 Å². The summed E-state index contributed by atoms with van der Waals surface area (Å²) in [6.45, 7) is 2.19. The average molecular weight is 397 g/mol. The Hall–Kier alpha value is -2.93. The highest BCUT2D eigenvalue weighted by atomic mass is 35.5. The minimum Gasteiger partial charge on any atom is -0.372 e. The molecule has 1 amide bonds. The van der Waals surface area contributed by atoms with Gasteiger partial charge in [0.15, 0.2) is 0 Å². The second-order valence-corrected chi connectivity index (χ2v) is 7.23. The highest BCUT2D eigenvalue weighted by Gasteiger charge is 2.12. The zero-order valence-corrected chi connectivity index (χ0v) is 16.1. The third kappa shape index (κ3) is 4.48. The van der Waals surface area contributed by atoms with Crippen molar-refractivity contribution in [2.24, 2.45) is 0 Å². The Morgan fingerprint density at radius 1 is 1.00 bits per heavy atom. The molecule has 1 aliphatic rings. The first-order valence-corrected chi connectivity index (χ1v) is 9.74. The summed E-state index contributed by atoms with van der Waals surface area (Å²) in [6, 6.07) is 15.1. The number of piperidine rings is 1. The Morgan fingerprint density at radius 3 is 2.43 bits per heavy atom. The highest BCUT2D eigenvalue weighted by Crippen LogP contribution is 2.22. The Bertz CT molecular complexity index is 932. The van der Waals surface area contributed by atoms with Gasteiger partial charge in [-0.1, -0.05) is 11.6 Å². The number of tetrazole rings is 1. The zero-order chi connectivity index (χ0) is 19.3. The fourth-order valence-electron chi connectivity index (χ4n) is 3.26. The summed E-state index contributed by atoms with van der Waals surface area (Å²) in [7, 11) is 0. The van der Waals surface area contributed by atoms with Crippen LogP contribution in [-0.4, -0.2) is 39.2 Å². The number of nitrogens with zero attached hydrogens (tertiary/aromatic N) is 5. The molecule has 1 aliphatic heterocycles. The number of hydrogen-bond donors (Lipinski definition) is 1. The van der Waals surface area contributed by atoms with Crippen LogP contribution in [0.15, 0.2) is 48.5 Å². The molecule has 0 bridgehead atoms. The summed E-state index contributed by atoms with van der Waals surface area (Å²) >= 11 is 5.89.